The predicted molar refractivity (Wildman–Crippen MR) is 164 cm³/mol. The number of thiazole rings is 1. The maximum Gasteiger partial charge on any atom is 0.230 e. The van der Waals surface area contributed by atoms with E-state index in [2.05, 4.69) is 10.3 Å². The highest BCUT2D eigenvalue weighted by Gasteiger charge is 2.23. The van der Waals surface area contributed by atoms with Gasteiger partial charge in [0.1, 0.15) is 17.1 Å². The molecule has 0 aliphatic rings. The Morgan fingerprint density at radius 3 is 2.37 bits per heavy atom. The summed E-state index contributed by atoms with van der Waals surface area (Å²) in [4.78, 5) is 31.2. The molecule has 0 fully saturated rings. The van der Waals surface area contributed by atoms with Crippen molar-refractivity contribution in [1.82, 2.24) is 4.98 Å². The van der Waals surface area contributed by atoms with Gasteiger partial charge in [0.05, 0.1) is 23.7 Å². The van der Waals surface area contributed by atoms with Crippen molar-refractivity contribution in [2.75, 3.05) is 23.3 Å². The van der Waals surface area contributed by atoms with Gasteiger partial charge < -0.3 is 5.32 Å². The number of rotatable bonds is 10. The molecule has 0 aliphatic heterocycles. The summed E-state index contributed by atoms with van der Waals surface area (Å²) in [5, 5.41) is 4.16. The van der Waals surface area contributed by atoms with Crippen LogP contribution in [-0.4, -0.2) is 30.3 Å². The van der Waals surface area contributed by atoms with Crippen LogP contribution in [0.4, 0.5) is 10.8 Å². The SMILES string of the molecule is CCOSN(C)c1ccc(CC(=O)Nc2nc(-c3ccccc3Cl)c(C(=O)c3ccc(Cl)cc3)s2)cc1.S. The van der Waals surface area contributed by atoms with Crippen molar-refractivity contribution in [2.24, 2.45) is 0 Å². The van der Waals surface area contributed by atoms with Gasteiger partial charge in [-0.3, -0.25) is 18.1 Å². The Kier molecular flexibility index (Phi) is 11.1. The number of aromatic nitrogens is 1. The molecule has 3 aromatic carbocycles. The Balaban J connectivity index is 0.00000400. The van der Waals surface area contributed by atoms with Gasteiger partial charge in [-0.25, -0.2) is 4.98 Å². The summed E-state index contributed by atoms with van der Waals surface area (Å²) >= 11 is 14.8. The molecule has 1 amide bonds. The standard InChI is InChI=1S/C27H23Cl2N3O3S2.H2S/c1-3-35-37-32(2)20-14-8-17(9-15-20)16-23(33)30-27-31-24(21-6-4-5-7-22(21)29)26(36-27)25(34)18-10-12-19(28)13-11-18;/h4-15H,3,16H2,1-2H3,(H,30,31,33);1H2. The van der Waals surface area contributed by atoms with Crippen molar-refractivity contribution < 1.29 is 13.8 Å². The van der Waals surface area contributed by atoms with Crippen molar-refractivity contribution in [3.05, 3.63) is 98.8 Å². The molecule has 0 radical (unpaired) electrons. The summed E-state index contributed by atoms with van der Waals surface area (Å²) in [6, 6.07) is 21.4. The van der Waals surface area contributed by atoms with E-state index in [0.717, 1.165) is 22.6 Å². The molecule has 4 rings (SSSR count). The number of nitrogens with one attached hydrogen (secondary N) is 1. The first kappa shape index (κ1) is 30.0. The molecule has 0 saturated carbocycles. The van der Waals surface area contributed by atoms with Crippen LogP contribution in [0, 0.1) is 0 Å². The number of halogens is 2. The van der Waals surface area contributed by atoms with Crippen LogP contribution < -0.4 is 9.62 Å². The van der Waals surface area contributed by atoms with Crippen molar-refractivity contribution in [3.63, 3.8) is 0 Å². The number of nitrogens with zero attached hydrogens (tertiary/aromatic N) is 2. The second-order valence-corrected chi connectivity index (χ2v) is 10.7. The van der Waals surface area contributed by atoms with Gasteiger partial charge in [0.2, 0.25) is 11.7 Å². The number of ketones is 1. The number of amides is 1. The molecule has 38 heavy (non-hydrogen) atoms. The summed E-state index contributed by atoms with van der Waals surface area (Å²) in [7, 11) is 1.91. The molecular weight excluding hydrogens is 581 g/mol. The van der Waals surface area contributed by atoms with Crippen molar-refractivity contribution >= 4 is 82.8 Å². The van der Waals surface area contributed by atoms with Gasteiger partial charge in [-0.05, 0) is 55.0 Å². The lowest BCUT2D eigenvalue weighted by Crippen LogP contribution is -2.14. The van der Waals surface area contributed by atoms with Crippen LogP contribution >= 0.6 is 60.3 Å². The van der Waals surface area contributed by atoms with Crippen LogP contribution in [0.1, 0.15) is 27.7 Å². The number of carbonyl (C=O) groups is 2. The molecule has 1 heterocycles. The summed E-state index contributed by atoms with van der Waals surface area (Å²) in [6.45, 7) is 2.54. The highest BCUT2D eigenvalue weighted by atomic mass is 35.5. The Hall–Kier alpha value is -2.53. The van der Waals surface area contributed by atoms with E-state index in [1.807, 2.05) is 48.6 Å². The lowest BCUT2D eigenvalue weighted by atomic mass is 10.1. The Bertz CT molecular complexity index is 1400. The quantitative estimate of drug-likeness (QED) is 0.113. The van der Waals surface area contributed by atoms with E-state index in [0.29, 0.717) is 43.5 Å². The predicted octanol–water partition coefficient (Wildman–Crippen LogP) is 7.68. The fourth-order valence-electron chi connectivity index (χ4n) is 3.44. The van der Waals surface area contributed by atoms with E-state index < -0.39 is 0 Å². The van der Waals surface area contributed by atoms with E-state index in [1.165, 1.54) is 12.2 Å². The highest BCUT2D eigenvalue weighted by Crippen LogP contribution is 2.36. The average molecular weight is 607 g/mol. The summed E-state index contributed by atoms with van der Waals surface area (Å²) in [6.07, 6.45) is 0.157. The van der Waals surface area contributed by atoms with Gasteiger partial charge in [0.25, 0.3) is 0 Å². The average Bonchev–Trinajstić information content (AvgIpc) is 3.31. The van der Waals surface area contributed by atoms with Crippen LogP contribution in [-0.2, 0) is 15.4 Å². The van der Waals surface area contributed by atoms with Crippen molar-refractivity contribution in [2.45, 2.75) is 13.3 Å². The lowest BCUT2D eigenvalue weighted by molar-refractivity contribution is -0.115. The molecule has 0 spiro atoms. The molecular formula is C27H25Cl2N3O3S3. The molecule has 0 aliphatic carbocycles. The molecule has 0 atom stereocenters. The van der Waals surface area contributed by atoms with Gasteiger partial charge in [-0.2, -0.15) is 13.5 Å². The molecule has 0 saturated heterocycles. The minimum absolute atomic E-state index is 0. The van der Waals surface area contributed by atoms with Gasteiger partial charge in [-0.1, -0.05) is 64.9 Å². The third-order valence-corrected chi connectivity index (χ3v) is 7.59. The summed E-state index contributed by atoms with van der Waals surface area (Å²) < 4.78 is 7.25. The number of hydrogen-bond donors (Lipinski definition) is 1. The Labute approximate surface area is 247 Å². The van der Waals surface area contributed by atoms with Crippen LogP contribution in [0.25, 0.3) is 11.3 Å². The number of benzene rings is 3. The Morgan fingerprint density at radius 1 is 1.03 bits per heavy atom. The first-order valence-corrected chi connectivity index (χ1v) is 13.6. The topological polar surface area (TPSA) is 71.5 Å². The molecule has 6 nitrogen and oxygen atoms in total. The largest absolute Gasteiger partial charge is 0.302 e. The smallest absolute Gasteiger partial charge is 0.230 e. The fraction of sp³-hybridized carbons (Fsp3) is 0.148. The van der Waals surface area contributed by atoms with E-state index in [9.17, 15) is 9.59 Å². The second kappa shape index (κ2) is 14.0. The van der Waals surface area contributed by atoms with Gasteiger partial charge in [-0.15, -0.1) is 0 Å². The molecule has 11 heteroatoms. The molecule has 198 valence electrons. The van der Waals surface area contributed by atoms with Crippen LogP contribution in [0.2, 0.25) is 10.0 Å². The van der Waals surface area contributed by atoms with Gasteiger partial charge in [0, 0.05) is 28.9 Å². The fourth-order valence-corrected chi connectivity index (χ4v) is 5.22. The van der Waals surface area contributed by atoms with Crippen molar-refractivity contribution in [1.29, 1.82) is 0 Å². The van der Waals surface area contributed by atoms with E-state index in [4.69, 9.17) is 27.4 Å². The maximum absolute atomic E-state index is 13.4. The zero-order valence-corrected chi connectivity index (χ0v) is 24.7. The minimum Gasteiger partial charge on any atom is -0.302 e. The second-order valence-electron chi connectivity index (χ2n) is 7.88. The van der Waals surface area contributed by atoms with Crippen LogP contribution in [0.15, 0.2) is 72.8 Å². The van der Waals surface area contributed by atoms with E-state index >= 15 is 0 Å². The third-order valence-electron chi connectivity index (χ3n) is 5.26. The monoisotopic (exact) mass is 605 g/mol. The molecule has 0 unspecified atom stereocenters. The number of hydrogen-bond acceptors (Lipinski definition) is 7. The number of carbonyl (C=O) groups excluding carboxylic acids is 2. The summed E-state index contributed by atoms with van der Waals surface area (Å²) in [5.74, 6) is -0.469. The van der Waals surface area contributed by atoms with Crippen molar-refractivity contribution in [3.8, 4) is 11.3 Å². The van der Waals surface area contributed by atoms with E-state index in [1.54, 1.807) is 42.5 Å². The third kappa shape index (κ3) is 7.53. The molecule has 4 aromatic rings. The van der Waals surface area contributed by atoms with E-state index in [-0.39, 0.29) is 31.6 Å². The highest BCUT2D eigenvalue weighted by molar-refractivity contribution is 7.96. The zero-order valence-electron chi connectivity index (χ0n) is 20.5. The summed E-state index contributed by atoms with van der Waals surface area (Å²) in [5.41, 5.74) is 3.30. The van der Waals surface area contributed by atoms with Gasteiger partial charge >= 0.3 is 0 Å². The number of anilines is 2. The zero-order chi connectivity index (χ0) is 26.4. The normalized spacial score (nSPS) is 10.5. The Morgan fingerprint density at radius 2 is 1.71 bits per heavy atom. The molecule has 1 N–H and O–H groups in total. The lowest BCUT2D eigenvalue weighted by Gasteiger charge is -2.16. The molecule has 1 aromatic heterocycles. The minimum atomic E-state index is -0.241. The maximum atomic E-state index is 13.4. The van der Waals surface area contributed by atoms with Crippen LogP contribution in [0.5, 0.6) is 0 Å². The van der Waals surface area contributed by atoms with Crippen LogP contribution in [0.3, 0.4) is 0 Å². The van der Waals surface area contributed by atoms with Gasteiger partial charge in [0.15, 0.2) is 5.13 Å². The first-order valence-electron chi connectivity index (χ1n) is 11.3. The first-order chi connectivity index (χ1) is 17.9. The molecule has 0 bridgehead atoms.